The Morgan fingerprint density at radius 1 is 1.20 bits per heavy atom. The van der Waals surface area contributed by atoms with Crippen LogP contribution in [0.3, 0.4) is 0 Å². The summed E-state index contributed by atoms with van der Waals surface area (Å²) >= 11 is 9.29. The Morgan fingerprint density at radius 2 is 2.00 bits per heavy atom. The topological polar surface area (TPSA) is 12.0 Å². The highest BCUT2D eigenvalue weighted by atomic mass is 79.9. The zero-order valence-corrected chi connectivity index (χ0v) is 13.6. The molecule has 0 fully saturated rings. The molecule has 0 aliphatic carbocycles. The van der Waals surface area contributed by atoms with Gasteiger partial charge in [0.2, 0.25) is 0 Å². The minimum Gasteiger partial charge on any atom is -0.313 e. The van der Waals surface area contributed by atoms with Crippen LogP contribution in [0.15, 0.2) is 40.9 Å². The van der Waals surface area contributed by atoms with Crippen LogP contribution in [0.5, 0.6) is 0 Å². The Hall–Kier alpha value is -0.900. The third kappa shape index (κ3) is 3.60. The summed E-state index contributed by atoms with van der Waals surface area (Å²) in [5.41, 5.74) is 2.44. The van der Waals surface area contributed by atoms with Crippen LogP contribution in [0.2, 0.25) is 5.02 Å². The zero-order valence-electron chi connectivity index (χ0n) is 11.2. The predicted octanol–water partition coefficient (Wildman–Crippen LogP) is 5.41. The van der Waals surface area contributed by atoms with Crippen LogP contribution in [-0.4, -0.2) is 6.54 Å². The lowest BCUT2D eigenvalue weighted by atomic mass is 9.99. The summed E-state index contributed by atoms with van der Waals surface area (Å²) in [7, 11) is 0. The Kier molecular flexibility index (Phi) is 5.58. The molecule has 0 amide bonds. The summed E-state index contributed by atoms with van der Waals surface area (Å²) in [6, 6.07) is 10.9. The number of benzene rings is 2. The van der Waals surface area contributed by atoms with E-state index in [4.69, 9.17) is 11.6 Å². The smallest absolute Gasteiger partial charge is 0.145 e. The minimum atomic E-state index is -0.258. The third-order valence-electron chi connectivity index (χ3n) is 3.06. The molecule has 0 aliphatic heterocycles. The lowest BCUT2D eigenvalue weighted by molar-refractivity contribution is 0.624. The van der Waals surface area contributed by atoms with E-state index in [0.717, 1.165) is 24.1 Å². The Bertz CT molecular complexity index is 601. The predicted molar refractivity (Wildman–Crippen MR) is 86.5 cm³/mol. The van der Waals surface area contributed by atoms with Crippen LogP contribution in [0.25, 0.3) is 11.1 Å². The van der Waals surface area contributed by atoms with Crippen molar-refractivity contribution >= 4 is 27.5 Å². The van der Waals surface area contributed by atoms with E-state index in [1.54, 1.807) is 12.1 Å². The van der Waals surface area contributed by atoms with Crippen LogP contribution >= 0.6 is 27.5 Å². The maximum absolute atomic E-state index is 14.3. The lowest BCUT2D eigenvalue weighted by Gasteiger charge is -2.12. The molecular formula is C16H16BrClFN. The SMILES string of the molecule is CCCNCc1ccc(Cl)cc1-c1cccc(Br)c1F. The van der Waals surface area contributed by atoms with E-state index in [1.807, 2.05) is 24.3 Å². The van der Waals surface area contributed by atoms with Crippen molar-refractivity contribution in [1.29, 1.82) is 0 Å². The second-order valence-electron chi connectivity index (χ2n) is 4.58. The van der Waals surface area contributed by atoms with Gasteiger partial charge in [-0.3, -0.25) is 0 Å². The quantitative estimate of drug-likeness (QED) is 0.706. The summed E-state index contributed by atoms with van der Waals surface area (Å²) in [4.78, 5) is 0. The van der Waals surface area contributed by atoms with Crippen molar-refractivity contribution in [3.8, 4) is 11.1 Å². The maximum Gasteiger partial charge on any atom is 0.145 e. The van der Waals surface area contributed by atoms with Gasteiger partial charge in [-0.15, -0.1) is 0 Å². The monoisotopic (exact) mass is 355 g/mol. The van der Waals surface area contributed by atoms with Gasteiger partial charge in [0, 0.05) is 17.1 Å². The first-order valence-electron chi connectivity index (χ1n) is 6.57. The van der Waals surface area contributed by atoms with Gasteiger partial charge in [-0.05, 0) is 58.2 Å². The fourth-order valence-electron chi connectivity index (χ4n) is 2.07. The second kappa shape index (κ2) is 7.21. The Balaban J connectivity index is 2.43. The van der Waals surface area contributed by atoms with Gasteiger partial charge in [0.15, 0.2) is 0 Å². The molecule has 2 aromatic carbocycles. The Labute approximate surface area is 132 Å². The fourth-order valence-corrected chi connectivity index (χ4v) is 2.60. The van der Waals surface area contributed by atoms with Gasteiger partial charge >= 0.3 is 0 Å². The van der Waals surface area contributed by atoms with Crippen molar-refractivity contribution in [2.75, 3.05) is 6.54 Å². The number of nitrogens with one attached hydrogen (secondary N) is 1. The maximum atomic E-state index is 14.3. The van der Waals surface area contributed by atoms with Crippen LogP contribution < -0.4 is 5.32 Å². The summed E-state index contributed by atoms with van der Waals surface area (Å²) in [5.74, 6) is -0.258. The normalized spacial score (nSPS) is 10.8. The first kappa shape index (κ1) is 15.5. The van der Waals surface area contributed by atoms with Gasteiger partial charge in [0.25, 0.3) is 0 Å². The molecule has 0 atom stereocenters. The van der Waals surface area contributed by atoms with Gasteiger partial charge < -0.3 is 5.32 Å². The molecule has 0 unspecified atom stereocenters. The molecule has 2 rings (SSSR count). The number of hydrogen-bond acceptors (Lipinski definition) is 1. The van der Waals surface area contributed by atoms with Gasteiger partial charge in [-0.1, -0.05) is 36.7 Å². The first-order chi connectivity index (χ1) is 9.63. The summed E-state index contributed by atoms with van der Waals surface area (Å²) < 4.78 is 14.7. The molecule has 0 heterocycles. The number of rotatable bonds is 5. The Morgan fingerprint density at radius 3 is 2.75 bits per heavy atom. The van der Waals surface area contributed by atoms with E-state index in [-0.39, 0.29) is 5.82 Å². The minimum absolute atomic E-state index is 0.258. The van der Waals surface area contributed by atoms with Crippen LogP contribution in [0, 0.1) is 5.82 Å². The molecule has 2 aromatic rings. The van der Waals surface area contributed by atoms with Crippen LogP contribution in [0.1, 0.15) is 18.9 Å². The molecule has 1 N–H and O–H groups in total. The molecule has 4 heteroatoms. The van der Waals surface area contributed by atoms with Crippen molar-refractivity contribution in [3.63, 3.8) is 0 Å². The molecule has 106 valence electrons. The molecule has 0 radical (unpaired) electrons. The van der Waals surface area contributed by atoms with E-state index in [2.05, 4.69) is 28.2 Å². The van der Waals surface area contributed by atoms with Crippen molar-refractivity contribution < 1.29 is 4.39 Å². The average molecular weight is 357 g/mol. The van der Waals surface area contributed by atoms with Gasteiger partial charge in [-0.2, -0.15) is 0 Å². The molecule has 0 saturated carbocycles. The lowest BCUT2D eigenvalue weighted by Crippen LogP contribution is -2.14. The van der Waals surface area contributed by atoms with Gasteiger partial charge in [0.1, 0.15) is 5.82 Å². The molecule has 0 aliphatic rings. The highest BCUT2D eigenvalue weighted by molar-refractivity contribution is 9.10. The number of halogens is 3. The average Bonchev–Trinajstić information content (AvgIpc) is 2.44. The molecule has 1 nitrogen and oxygen atoms in total. The molecule has 0 bridgehead atoms. The molecule has 0 spiro atoms. The second-order valence-corrected chi connectivity index (χ2v) is 5.87. The highest BCUT2D eigenvalue weighted by Crippen LogP contribution is 2.32. The van der Waals surface area contributed by atoms with E-state index < -0.39 is 0 Å². The van der Waals surface area contributed by atoms with Gasteiger partial charge in [0.05, 0.1) is 4.47 Å². The van der Waals surface area contributed by atoms with Gasteiger partial charge in [-0.25, -0.2) is 4.39 Å². The summed E-state index contributed by atoms with van der Waals surface area (Å²) in [5, 5.41) is 3.95. The molecule has 0 saturated heterocycles. The summed E-state index contributed by atoms with van der Waals surface area (Å²) in [6.45, 7) is 3.75. The van der Waals surface area contributed by atoms with Crippen molar-refractivity contribution in [2.45, 2.75) is 19.9 Å². The van der Waals surface area contributed by atoms with Crippen molar-refractivity contribution in [3.05, 3.63) is 57.3 Å². The van der Waals surface area contributed by atoms with E-state index in [1.165, 1.54) is 0 Å². The number of hydrogen-bond donors (Lipinski definition) is 1. The third-order valence-corrected chi connectivity index (χ3v) is 3.90. The zero-order chi connectivity index (χ0) is 14.5. The highest BCUT2D eigenvalue weighted by Gasteiger charge is 2.12. The fraction of sp³-hybridized carbons (Fsp3) is 0.250. The molecule has 0 aromatic heterocycles. The molecular weight excluding hydrogens is 341 g/mol. The van der Waals surface area contributed by atoms with Crippen LogP contribution in [-0.2, 0) is 6.54 Å². The van der Waals surface area contributed by atoms with E-state index in [0.29, 0.717) is 21.6 Å². The standard InChI is InChI=1S/C16H16BrClFN/c1-2-8-20-10-11-6-7-12(18)9-14(11)13-4-3-5-15(17)16(13)19/h3-7,9,20H,2,8,10H2,1H3. The van der Waals surface area contributed by atoms with Crippen molar-refractivity contribution in [2.24, 2.45) is 0 Å². The molecule has 20 heavy (non-hydrogen) atoms. The first-order valence-corrected chi connectivity index (χ1v) is 7.74. The van der Waals surface area contributed by atoms with E-state index in [9.17, 15) is 4.39 Å². The van der Waals surface area contributed by atoms with E-state index >= 15 is 0 Å². The van der Waals surface area contributed by atoms with Crippen molar-refractivity contribution in [1.82, 2.24) is 5.32 Å². The largest absolute Gasteiger partial charge is 0.313 e. The van der Waals surface area contributed by atoms with Crippen LogP contribution in [0.4, 0.5) is 4.39 Å². The summed E-state index contributed by atoms with van der Waals surface area (Å²) in [6.07, 6.45) is 1.06.